The number of ether oxygens (including phenoxy) is 2. The number of aromatic carboxylic acids is 1. The molecule has 0 amide bonds. The Labute approximate surface area is 128 Å². The highest BCUT2D eigenvalue weighted by Gasteiger charge is 2.39. The Kier molecular flexibility index (Phi) is 3.56. The summed E-state index contributed by atoms with van der Waals surface area (Å²) in [4.78, 5) is 11.2. The third-order valence-electron chi connectivity index (χ3n) is 3.96. The van der Waals surface area contributed by atoms with Gasteiger partial charge < -0.3 is 14.6 Å². The van der Waals surface area contributed by atoms with Gasteiger partial charge in [0.15, 0.2) is 0 Å². The number of carboxylic acid groups (broad SMARTS) is 1. The highest BCUT2D eigenvalue weighted by atomic mass is 16.7. The van der Waals surface area contributed by atoms with Gasteiger partial charge in [-0.25, -0.2) is 4.79 Å². The predicted molar refractivity (Wildman–Crippen MR) is 82.6 cm³/mol. The molecule has 0 unspecified atom stereocenters. The summed E-state index contributed by atoms with van der Waals surface area (Å²) in [5.41, 5.74) is 3.83. The average molecular weight is 296 g/mol. The fraction of sp³-hybridized carbons (Fsp3) is 0.167. The number of rotatable bonds is 4. The number of carbonyl (C=O) groups is 1. The van der Waals surface area contributed by atoms with Crippen molar-refractivity contribution in [1.82, 2.24) is 0 Å². The molecule has 0 spiro atoms. The summed E-state index contributed by atoms with van der Waals surface area (Å²) in [5.74, 6) is -2.04. The number of methoxy groups -OCH3 is 2. The molecule has 0 radical (unpaired) electrons. The van der Waals surface area contributed by atoms with E-state index < -0.39 is 11.8 Å². The van der Waals surface area contributed by atoms with Gasteiger partial charge in [-0.3, -0.25) is 0 Å². The first-order valence-electron chi connectivity index (χ1n) is 6.88. The number of fused-ring (bicyclic) bond motifs is 1. The Morgan fingerprint density at radius 2 is 1.73 bits per heavy atom. The maximum absolute atomic E-state index is 11.2. The van der Waals surface area contributed by atoms with E-state index in [0.717, 1.165) is 16.7 Å². The molecule has 0 saturated carbocycles. The first kappa shape index (κ1) is 14.5. The maximum atomic E-state index is 11.2. The van der Waals surface area contributed by atoms with Crippen molar-refractivity contribution in [3.05, 3.63) is 76.9 Å². The molecule has 2 aromatic rings. The minimum Gasteiger partial charge on any atom is -0.478 e. The highest BCUT2D eigenvalue weighted by Crippen LogP contribution is 2.44. The molecule has 4 heteroatoms. The summed E-state index contributed by atoms with van der Waals surface area (Å²) < 4.78 is 11.1. The smallest absolute Gasteiger partial charge is 0.335 e. The van der Waals surface area contributed by atoms with Gasteiger partial charge in [0.25, 0.3) is 0 Å². The highest BCUT2D eigenvalue weighted by molar-refractivity contribution is 5.92. The van der Waals surface area contributed by atoms with Crippen LogP contribution in [-0.2, 0) is 15.3 Å². The molecule has 1 N–H and O–H groups in total. The summed E-state index contributed by atoms with van der Waals surface area (Å²) in [7, 11) is 3.09. The topological polar surface area (TPSA) is 55.8 Å². The summed E-state index contributed by atoms with van der Waals surface area (Å²) in [6, 6.07) is 14.9. The molecule has 0 bridgehead atoms. The molecule has 0 aromatic heterocycles. The summed E-state index contributed by atoms with van der Waals surface area (Å²) >= 11 is 0. The molecule has 0 heterocycles. The molecule has 2 aromatic carbocycles. The van der Waals surface area contributed by atoms with Crippen LogP contribution in [0.15, 0.2) is 54.6 Å². The van der Waals surface area contributed by atoms with E-state index >= 15 is 0 Å². The van der Waals surface area contributed by atoms with Crippen molar-refractivity contribution in [2.75, 3.05) is 14.2 Å². The zero-order chi connectivity index (χ0) is 15.7. The Morgan fingerprint density at radius 1 is 1.05 bits per heavy atom. The van der Waals surface area contributed by atoms with E-state index in [1.54, 1.807) is 32.4 Å². The van der Waals surface area contributed by atoms with E-state index in [2.05, 4.69) is 0 Å². The lowest BCUT2D eigenvalue weighted by Crippen LogP contribution is -2.26. The third-order valence-corrected chi connectivity index (χ3v) is 3.96. The van der Waals surface area contributed by atoms with Gasteiger partial charge in [0, 0.05) is 19.8 Å². The normalized spacial score (nSPS) is 15.3. The molecule has 0 fully saturated rings. The predicted octanol–water partition coefficient (Wildman–Crippen LogP) is 3.28. The van der Waals surface area contributed by atoms with E-state index in [1.807, 2.05) is 36.4 Å². The van der Waals surface area contributed by atoms with Crippen molar-refractivity contribution >= 4 is 11.5 Å². The number of benzene rings is 2. The van der Waals surface area contributed by atoms with Crippen molar-refractivity contribution in [3.8, 4) is 0 Å². The van der Waals surface area contributed by atoms with Crippen molar-refractivity contribution in [3.63, 3.8) is 0 Å². The minimum absolute atomic E-state index is 0.208. The molecule has 3 rings (SSSR count). The minimum atomic E-state index is -1.06. The second-order valence-electron chi connectivity index (χ2n) is 5.07. The number of carboxylic acids is 1. The Balaban J connectivity index is 2.22. The standard InChI is InChI=1S/C18H16O4/c1-21-18(22-2)11-15(12-6-4-3-5-7-12)14-9-8-13(17(19)20)10-16(14)18/h3-11H,1-2H3,(H,19,20). The lowest BCUT2D eigenvalue weighted by molar-refractivity contribution is -0.175. The summed E-state index contributed by atoms with van der Waals surface area (Å²) in [5, 5.41) is 9.22. The molecule has 4 nitrogen and oxygen atoms in total. The largest absolute Gasteiger partial charge is 0.478 e. The van der Waals surface area contributed by atoms with Crippen LogP contribution in [0.5, 0.6) is 0 Å². The second-order valence-corrected chi connectivity index (χ2v) is 5.07. The number of hydrogen-bond donors (Lipinski definition) is 1. The Hall–Kier alpha value is -2.43. The van der Waals surface area contributed by atoms with Crippen molar-refractivity contribution in [1.29, 1.82) is 0 Å². The van der Waals surface area contributed by atoms with E-state index in [-0.39, 0.29) is 5.56 Å². The summed E-state index contributed by atoms with van der Waals surface area (Å²) in [6.45, 7) is 0. The van der Waals surface area contributed by atoms with Gasteiger partial charge in [-0.1, -0.05) is 36.4 Å². The molecule has 1 aliphatic rings. The molecule has 1 aliphatic carbocycles. The first-order valence-corrected chi connectivity index (χ1v) is 6.88. The monoisotopic (exact) mass is 296 g/mol. The lowest BCUT2D eigenvalue weighted by atomic mass is 9.97. The zero-order valence-electron chi connectivity index (χ0n) is 12.4. The van der Waals surface area contributed by atoms with Gasteiger partial charge in [0.2, 0.25) is 5.79 Å². The van der Waals surface area contributed by atoms with Gasteiger partial charge in [-0.15, -0.1) is 0 Å². The Morgan fingerprint density at radius 3 is 2.32 bits per heavy atom. The third kappa shape index (κ3) is 2.13. The van der Waals surface area contributed by atoms with E-state index in [0.29, 0.717) is 5.56 Å². The van der Waals surface area contributed by atoms with Crippen molar-refractivity contribution in [2.24, 2.45) is 0 Å². The van der Waals surface area contributed by atoms with Gasteiger partial charge in [-0.2, -0.15) is 0 Å². The van der Waals surface area contributed by atoms with Crippen molar-refractivity contribution in [2.45, 2.75) is 5.79 Å². The molecular formula is C18H16O4. The maximum Gasteiger partial charge on any atom is 0.335 e. The van der Waals surface area contributed by atoms with Crippen LogP contribution in [0.25, 0.3) is 5.57 Å². The lowest BCUT2D eigenvalue weighted by Gasteiger charge is -2.25. The first-order chi connectivity index (χ1) is 10.6. The second kappa shape index (κ2) is 5.40. The van der Waals surface area contributed by atoms with Gasteiger partial charge in [-0.05, 0) is 34.9 Å². The van der Waals surface area contributed by atoms with Crippen LogP contribution in [-0.4, -0.2) is 25.3 Å². The summed E-state index contributed by atoms with van der Waals surface area (Å²) in [6.07, 6.45) is 1.89. The molecule has 0 atom stereocenters. The van der Waals surface area contributed by atoms with Crippen molar-refractivity contribution < 1.29 is 19.4 Å². The molecular weight excluding hydrogens is 280 g/mol. The quantitative estimate of drug-likeness (QED) is 0.880. The van der Waals surface area contributed by atoms with Crippen LogP contribution in [0.4, 0.5) is 0 Å². The molecule has 0 saturated heterocycles. The van der Waals surface area contributed by atoms with Gasteiger partial charge in [0.1, 0.15) is 0 Å². The van der Waals surface area contributed by atoms with E-state index in [9.17, 15) is 9.90 Å². The molecule has 0 aliphatic heterocycles. The zero-order valence-corrected chi connectivity index (χ0v) is 12.4. The van der Waals surface area contributed by atoms with Gasteiger partial charge >= 0.3 is 5.97 Å². The van der Waals surface area contributed by atoms with E-state index in [4.69, 9.17) is 9.47 Å². The van der Waals surface area contributed by atoms with Crippen LogP contribution < -0.4 is 0 Å². The molecule has 112 valence electrons. The molecule has 22 heavy (non-hydrogen) atoms. The van der Waals surface area contributed by atoms with E-state index in [1.165, 1.54) is 0 Å². The van der Waals surface area contributed by atoms with Crippen LogP contribution in [0.1, 0.15) is 27.0 Å². The van der Waals surface area contributed by atoms with Gasteiger partial charge in [0.05, 0.1) is 5.56 Å². The fourth-order valence-electron chi connectivity index (χ4n) is 2.82. The SMILES string of the molecule is COC1(OC)C=C(c2ccccc2)c2ccc(C(=O)O)cc21. The van der Waals surface area contributed by atoms with Crippen LogP contribution in [0, 0.1) is 0 Å². The number of hydrogen-bond acceptors (Lipinski definition) is 3. The average Bonchev–Trinajstić information content (AvgIpc) is 2.90. The Bertz CT molecular complexity index is 743. The van der Waals surface area contributed by atoms with Crippen LogP contribution in [0.3, 0.4) is 0 Å². The fourth-order valence-corrected chi connectivity index (χ4v) is 2.82. The van der Waals surface area contributed by atoms with Crippen LogP contribution in [0.2, 0.25) is 0 Å². The van der Waals surface area contributed by atoms with Crippen LogP contribution >= 0.6 is 0 Å².